The summed E-state index contributed by atoms with van der Waals surface area (Å²) in [4.78, 5) is 6.35. The van der Waals surface area contributed by atoms with Gasteiger partial charge in [0.25, 0.3) is 0 Å². The van der Waals surface area contributed by atoms with Crippen LogP contribution < -0.4 is 10.6 Å². The van der Waals surface area contributed by atoms with E-state index in [1.807, 2.05) is 6.07 Å². The summed E-state index contributed by atoms with van der Waals surface area (Å²) in [6, 6.07) is 2.01. The molecule has 1 aliphatic rings. The van der Waals surface area contributed by atoms with Gasteiger partial charge in [-0.05, 0) is 34.8 Å². The monoisotopic (exact) mass is 241 g/mol. The van der Waals surface area contributed by atoms with Crippen LogP contribution in [0.1, 0.15) is 12.8 Å². The average molecular weight is 242 g/mol. The molecule has 0 unspecified atom stereocenters. The molecule has 0 radical (unpaired) electrons. The number of anilines is 2. The Balaban J connectivity index is 2.33. The van der Waals surface area contributed by atoms with Crippen LogP contribution in [-0.4, -0.2) is 18.1 Å². The summed E-state index contributed by atoms with van der Waals surface area (Å²) >= 11 is 3.46. The van der Waals surface area contributed by atoms with Crippen molar-refractivity contribution in [2.45, 2.75) is 12.8 Å². The minimum absolute atomic E-state index is 0.574. The summed E-state index contributed by atoms with van der Waals surface area (Å²) in [6.07, 6.45) is 4.30. The fraction of sp³-hybridized carbons (Fsp3) is 0.444. The van der Waals surface area contributed by atoms with Crippen LogP contribution in [0.5, 0.6) is 0 Å². The second-order valence-electron chi connectivity index (χ2n) is 3.22. The molecular formula is C9H12BrN3. The second kappa shape index (κ2) is 3.54. The molecule has 2 rings (SSSR count). The quantitative estimate of drug-likeness (QED) is 0.819. The van der Waals surface area contributed by atoms with Crippen LogP contribution in [0, 0.1) is 0 Å². The molecular weight excluding hydrogens is 230 g/mol. The molecule has 2 heterocycles. The van der Waals surface area contributed by atoms with Gasteiger partial charge in [-0.25, -0.2) is 4.98 Å². The molecule has 4 heteroatoms. The number of hydrogen-bond acceptors (Lipinski definition) is 3. The van der Waals surface area contributed by atoms with Crippen molar-refractivity contribution < 1.29 is 0 Å². The lowest BCUT2D eigenvalue weighted by Gasteiger charge is -2.19. The average Bonchev–Trinajstić information content (AvgIpc) is 2.62. The number of pyridine rings is 1. The molecule has 70 valence electrons. The number of nitrogen functional groups attached to an aromatic ring is 1. The lowest BCUT2D eigenvalue weighted by molar-refractivity contribution is 0.949. The number of nitrogens with two attached hydrogens (primary N) is 1. The van der Waals surface area contributed by atoms with E-state index in [2.05, 4.69) is 25.8 Å². The van der Waals surface area contributed by atoms with Crippen LogP contribution >= 0.6 is 15.9 Å². The van der Waals surface area contributed by atoms with Gasteiger partial charge in [-0.3, -0.25) is 0 Å². The highest BCUT2D eigenvalue weighted by Crippen LogP contribution is 2.31. The lowest BCUT2D eigenvalue weighted by atomic mass is 10.3. The summed E-state index contributed by atoms with van der Waals surface area (Å²) in [5, 5.41) is 0. The van der Waals surface area contributed by atoms with Gasteiger partial charge >= 0.3 is 0 Å². The zero-order chi connectivity index (χ0) is 9.26. The Bertz CT molecular complexity index is 308. The summed E-state index contributed by atoms with van der Waals surface area (Å²) in [7, 11) is 0. The molecule has 1 aliphatic heterocycles. The maximum atomic E-state index is 5.70. The fourth-order valence-corrected chi connectivity index (χ4v) is 2.14. The van der Waals surface area contributed by atoms with Gasteiger partial charge in [-0.15, -0.1) is 0 Å². The van der Waals surface area contributed by atoms with E-state index in [9.17, 15) is 0 Å². The van der Waals surface area contributed by atoms with Crippen LogP contribution in [-0.2, 0) is 0 Å². The Hall–Kier alpha value is -0.770. The molecule has 0 aromatic carbocycles. The second-order valence-corrected chi connectivity index (χ2v) is 4.02. The predicted octanol–water partition coefficient (Wildman–Crippen LogP) is 2.03. The van der Waals surface area contributed by atoms with Gasteiger partial charge in [0.05, 0.1) is 10.2 Å². The molecule has 0 atom stereocenters. The van der Waals surface area contributed by atoms with E-state index in [-0.39, 0.29) is 0 Å². The number of halogens is 1. The molecule has 1 aromatic rings. The third-order valence-corrected chi connectivity index (χ3v) is 3.16. The van der Waals surface area contributed by atoms with Crippen LogP contribution in [0.2, 0.25) is 0 Å². The molecule has 0 bridgehead atoms. The van der Waals surface area contributed by atoms with Gasteiger partial charge < -0.3 is 10.6 Å². The van der Waals surface area contributed by atoms with Crippen molar-refractivity contribution >= 4 is 27.4 Å². The summed E-state index contributed by atoms with van der Waals surface area (Å²) in [6.45, 7) is 2.25. The van der Waals surface area contributed by atoms with Gasteiger partial charge in [-0.1, -0.05) is 0 Å². The van der Waals surface area contributed by atoms with Gasteiger partial charge in [0.2, 0.25) is 0 Å². The Morgan fingerprint density at radius 1 is 1.38 bits per heavy atom. The van der Waals surface area contributed by atoms with Crippen molar-refractivity contribution in [2.24, 2.45) is 0 Å². The summed E-state index contributed by atoms with van der Waals surface area (Å²) < 4.78 is 0.928. The zero-order valence-electron chi connectivity index (χ0n) is 7.33. The number of hydrogen-bond donors (Lipinski definition) is 1. The smallest absolute Gasteiger partial charge is 0.139 e. The molecule has 0 spiro atoms. The zero-order valence-corrected chi connectivity index (χ0v) is 8.92. The normalized spacial score (nSPS) is 16.5. The van der Waals surface area contributed by atoms with E-state index in [1.165, 1.54) is 18.5 Å². The highest BCUT2D eigenvalue weighted by Gasteiger charge is 2.15. The van der Waals surface area contributed by atoms with E-state index >= 15 is 0 Å². The third-order valence-electron chi connectivity index (χ3n) is 2.34. The van der Waals surface area contributed by atoms with Crippen molar-refractivity contribution in [1.29, 1.82) is 0 Å². The van der Waals surface area contributed by atoms with Gasteiger partial charge in [0.1, 0.15) is 5.82 Å². The number of nitrogens with zero attached hydrogens (tertiary/aromatic N) is 2. The Morgan fingerprint density at radius 2 is 2.08 bits per heavy atom. The highest BCUT2D eigenvalue weighted by atomic mass is 79.9. The minimum atomic E-state index is 0.574. The Kier molecular flexibility index (Phi) is 2.40. The first kappa shape index (κ1) is 8.81. The Labute approximate surface area is 86.1 Å². The summed E-state index contributed by atoms with van der Waals surface area (Å²) in [5.74, 6) is 0.574. The van der Waals surface area contributed by atoms with Crippen LogP contribution in [0.15, 0.2) is 16.7 Å². The first-order valence-electron chi connectivity index (χ1n) is 4.44. The van der Waals surface area contributed by atoms with Crippen LogP contribution in [0.4, 0.5) is 11.5 Å². The van der Waals surface area contributed by atoms with Crippen molar-refractivity contribution in [3.63, 3.8) is 0 Å². The van der Waals surface area contributed by atoms with Crippen molar-refractivity contribution in [1.82, 2.24) is 4.98 Å². The first-order chi connectivity index (χ1) is 6.29. The van der Waals surface area contributed by atoms with E-state index in [0.29, 0.717) is 5.82 Å². The van der Waals surface area contributed by atoms with E-state index < -0.39 is 0 Å². The van der Waals surface area contributed by atoms with Crippen LogP contribution in [0.25, 0.3) is 0 Å². The standard InChI is InChI=1S/C9H12BrN3/c10-8-7(3-4-12-9(8)11)13-5-1-2-6-13/h3-4H,1-2,5-6H2,(H2,11,12). The fourth-order valence-electron chi connectivity index (χ4n) is 1.65. The van der Waals surface area contributed by atoms with E-state index in [0.717, 1.165) is 17.6 Å². The van der Waals surface area contributed by atoms with Crippen molar-refractivity contribution in [2.75, 3.05) is 23.7 Å². The lowest BCUT2D eigenvalue weighted by Crippen LogP contribution is -2.18. The molecule has 0 saturated carbocycles. The maximum Gasteiger partial charge on any atom is 0.139 e. The highest BCUT2D eigenvalue weighted by molar-refractivity contribution is 9.10. The first-order valence-corrected chi connectivity index (χ1v) is 5.23. The van der Waals surface area contributed by atoms with Gasteiger partial charge in [0.15, 0.2) is 0 Å². The SMILES string of the molecule is Nc1nccc(N2CCCC2)c1Br. The molecule has 13 heavy (non-hydrogen) atoms. The predicted molar refractivity (Wildman–Crippen MR) is 57.8 cm³/mol. The molecule has 1 saturated heterocycles. The number of rotatable bonds is 1. The van der Waals surface area contributed by atoms with Gasteiger partial charge in [0, 0.05) is 19.3 Å². The molecule has 3 nitrogen and oxygen atoms in total. The van der Waals surface area contributed by atoms with Crippen molar-refractivity contribution in [3.05, 3.63) is 16.7 Å². The van der Waals surface area contributed by atoms with E-state index in [1.54, 1.807) is 6.20 Å². The van der Waals surface area contributed by atoms with Crippen LogP contribution in [0.3, 0.4) is 0 Å². The third kappa shape index (κ3) is 1.63. The number of aromatic nitrogens is 1. The molecule has 0 amide bonds. The Morgan fingerprint density at radius 3 is 2.77 bits per heavy atom. The minimum Gasteiger partial charge on any atom is -0.383 e. The molecule has 1 fully saturated rings. The maximum absolute atomic E-state index is 5.70. The van der Waals surface area contributed by atoms with Crippen molar-refractivity contribution in [3.8, 4) is 0 Å². The molecule has 1 aromatic heterocycles. The van der Waals surface area contributed by atoms with Gasteiger partial charge in [-0.2, -0.15) is 0 Å². The summed E-state index contributed by atoms with van der Waals surface area (Å²) in [5.41, 5.74) is 6.87. The largest absolute Gasteiger partial charge is 0.383 e. The van der Waals surface area contributed by atoms with E-state index in [4.69, 9.17) is 5.73 Å². The topological polar surface area (TPSA) is 42.1 Å². The molecule has 2 N–H and O–H groups in total. The molecule has 0 aliphatic carbocycles.